The summed E-state index contributed by atoms with van der Waals surface area (Å²) in [6, 6.07) is 7.80. The number of nitrogens with one attached hydrogen (secondary N) is 2. The Kier molecular flexibility index (Phi) is 2.97. The maximum atomic E-state index is 8.99. The van der Waals surface area contributed by atoms with Crippen molar-refractivity contribution in [1.82, 2.24) is 10.2 Å². The number of hydrogen-bond acceptors (Lipinski definition) is 4. The van der Waals surface area contributed by atoms with Gasteiger partial charge >= 0.3 is 0 Å². The number of aryl methyl sites for hydroxylation is 1. The Hall–Kier alpha value is -2.48. The second-order valence-electron chi connectivity index (χ2n) is 3.82. The van der Waals surface area contributed by atoms with E-state index in [0.717, 1.165) is 16.8 Å². The Balaban J connectivity index is 2.17. The lowest BCUT2D eigenvalue weighted by molar-refractivity contribution is 1.10. The Bertz CT molecular complexity index is 565. The number of rotatable bonds is 3. The zero-order chi connectivity index (χ0) is 12.3. The molecule has 0 aliphatic carbocycles. The topological polar surface area (TPSA) is 90.5 Å². The Morgan fingerprint density at radius 1 is 1.53 bits per heavy atom. The van der Waals surface area contributed by atoms with Crippen molar-refractivity contribution in [1.29, 1.82) is 5.26 Å². The molecule has 5 heteroatoms. The first-order chi connectivity index (χ1) is 8.20. The van der Waals surface area contributed by atoms with E-state index in [0.29, 0.717) is 17.9 Å². The number of nitrogens with two attached hydrogens (primary N) is 1. The lowest BCUT2D eigenvalue weighted by atomic mass is 10.1. The van der Waals surface area contributed by atoms with Crippen molar-refractivity contribution in [2.24, 2.45) is 0 Å². The fraction of sp³-hybridized carbons (Fsp3) is 0.167. The molecule has 2 aromatic rings. The molecule has 0 bridgehead atoms. The lowest BCUT2D eigenvalue weighted by Crippen LogP contribution is -2.03. The van der Waals surface area contributed by atoms with E-state index in [1.54, 1.807) is 12.3 Å². The SMILES string of the molecule is Cc1ccc(C#N)c(NCc2cn[nH]c2N)c1. The molecule has 17 heavy (non-hydrogen) atoms. The van der Waals surface area contributed by atoms with Crippen LogP contribution >= 0.6 is 0 Å². The summed E-state index contributed by atoms with van der Waals surface area (Å²) in [4.78, 5) is 0. The van der Waals surface area contributed by atoms with Crippen LogP contribution < -0.4 is 11.1 Å². The van der Waals surface area contributed by atoms with Gasteiger partial charge in [0.2, 0.25) is 0 Å². The Morgan fingerprint density at radius 2 is 2.35 bits per heavy atom. The fourth-order valence-electron chi connectivity index (χ4n) is 1.55. The third kappa shape index (κ3) is 2.37. The fourth-order valence-corrected chi connectivity index (χ4v) is 1.55. The van der Waals surface area contributed by atoms with E-state index >= 15 is 0 Å². The first-order valence-electron chi connectivity index (χ1n) is 5.23. The van der Waals surface area contributed by atoms with E-state index < -0.39 is 0 Å². The van der Waals surface area contributed by atoms with E-state index in [1.807, 2.05) is 19.1 Å². The predicted molar refractivity (Wildman–Crippen MR) is 66.2 cm³/mol. The van der Waals surface area contributed by atoms with Gasteiger partial charge in [0.25, 0.3) is 0 Å². The highest BCUT2D eigenvalue weighted by atomic mass is 15.1. The van der Waals surface area contributed by atoms with Crippen molar-refractivity contribution >= 4 is 11.5 Å². The highest BCUT2D eigenvalue weighted by molar-refractivity contribution is 5.59. The highest BCUT2D eigenvalue weighted by Gasteiger charge is 2.04. The summed E-state index contributed by atoms with van der Waals surface area (Å²) >= 11 is 0. The van der Waals surface area contributed by atoms with Crippen LogP contribution in [0.5, 0.6) is 0 Å². The van der Waals surface area contributed by atoms with E-state index in [-0.39, 0.29) is 0 Å². The predicted octanol–water partition coefficient (Wildman–Crippen LogP) is 1.78. The zero-order valence-electron chi connectivity index (χ0n) is 9.49. The normalized spacial score (nSPS) is 9.88. The quantitative estimate of drug-likeness (QED) is 0.745. The molecule has 86 valence electrons. The molecule has 1 aromatic heterocycles. The minimum Gasteiger partial charge on any atom is -0.384 e. The summed E-state index contributed by atoms with van der Waals surface area (Å²) in [5.41, 5.74) is 9.11. The molecular weight excluding hydrogens is 214 g/mol. The number of H-pyrrole nitrogens is 1. The van der Waals surface area contributed by atoms with Crippen molar-refractivity contribution in [2.45, 2.75) is 13.5 Å². The van der Waals surface area contributed by atoms with Crippen molar-refractivity contribution < 1.29 is 0 Å². The van der Waals surface area contributed by atoms with Crippen LogP contribution in [-0.2, 0) is 6.54 Å². The molecule has 0 fully saturated rings. The molecule has 4 N–H and O–H groups in total. The van der Waals surface area contributed by atoms with Gasteiger partial charge in [0.1, 0.15) is 11.9 Å². The molecule has 0 atom stereocenters. The van der Waals surface area contributed by atoms with Crippen molar-refractivity contribution in [3.05, 3.63) is 41.1 Å². The van der Waals surface area contributed by atoms with Gasteiger partial charge in [0.15, 0.2) is 0 Å². The summed E-state index contributed by atoms with van der Waals surface area (Å²) in [6.45, 7) is 2.53. The van der Waals surface area contributed by atoms with Gasteiger partial charge in [0, 0.05) is 12.1 Å². The molecule has 1 heterocycles. The molecule has 0 unspecified atom stereocenters. The second kappa shape index (κ2) is 4.58. The van der Waals surface area contributed by atoms with Crippen LogP contribution in [0.25, 0.3) is 0 Å². The molecule has 0 aliphatic heterocycles. The summed E-state index contributed by atoms with van der Waals surface area (Å²) < 4.78 is 0. The van der Waals surface area contributed by atoms with E-state index in [1.165, 1.54) is 0 Å². The maximum absolute atomic E-state index is 8.99. The summed E-state index contributed by atoms with van der Waals surface area (Å²) in [5, 5.41) is 18.7. The average Bonchev–Trinajstić information content (AvgIpc) is 2.72. The van der Waals surface area contributed by atoms with E-state index in [9.17, 15) is 0 Å². The smallest absolute Gasteiger partial charge is 0.123 e. The van der Waals surface area contributed by atoms with Gasteiger partial charge in [-0.3, -0.25) is 5.10 Å². The minimum absolute atomic E-state index is 0.542. The van der Waals surface area contributed by atoms with Crippen LogP contribution in [0.4, 0.5) is 11.5 Å². The van der Waals surface area contributed by atoms with Crippen LogP contribution in [0, 0.1) is 18.3 Å². The molecular formula is C12H13N5. The van der Waals surface area contributed by atoms with Crippen LogP contribution in [0.3, 0.4) is 0 Å². The number of nitriles is 1. The van der Waals surface area contributed by atoms with Crippen LogP contribution in [0.2, 0.25) is 0 Å². The third-order valence-electron chi connectivity index (χ3n) is 2.52. The van der Waals surface area contributed by atoms with Gasteiger partial charge in [-0.25, -0.2) is 0 Å². The Labute approximate surface area is 99.3 Å². The molecule has 1 aromatic carbocycles. The number of nitrogens with zero attached hydrogens (tertiary/aromatic N) is 2. The molecule has 5 nitrogen and oxygen atoms in total. The molecule has 0 saturated heterocycles. The van der Waals surface area contributed by atoms with Crippen molar-refractivity contribution in [3.8, 4) is 6.07 Å². The summed E-state index contributed by atoms with van der Waals surface area (Å²) in [7, 11) is 0. The number of benzene rings is 1. The van der Waals surface area contributed by atoms with Gasteiger partial charge in [0.05, 0.1) is 17.4 Å². The molecule has 0 aliphatic rings. The maximum Gasteiger partial charge on any atom is 0.123 e. The third-order valence-corrected chi connectivity index (χ3v) is 2.52. The zero-order valence-corrected chi connectivity index (χ0v) is 9.49. The molecule has 0 amide bonds. The standard InChI is InChI=1S/C12H13N5/c1-8-2-3-9(5-13)11(4-8)15-6-10-7-16-17-12(10)14/h2-4,7,15H,6H2,1H3,(H3,14,16,17). The van der Waals surface area contributed by atoms with Gasteiger partial charge in [-0.2, -0.15) is 10.4 Å². The van der Waals surface area contributed by atoms with Crippen LogP contribution in [-0.4, -0.2) is 10.2 Å². The summed E-state index contributed by atoms with van der Waals surface area (Å²) in [6.07, 6.45) is 1.67. The van der Waals surface area contributed by atoms with Gasteiger partial charge in [-0.05, 0) is 24.6 Å². The van der Waals surface area contributed by atoms with Gasteiger partial charge < -0.3 is 11.1 Å². The number of nitrogen functional groups attached to an aromatic ring is 1. The van der Waals surface area contributed by atoms with Crippen LogP contribution in [0.1, 0.15) is 16.7 Å². The average molecular weight is 227 g/mol. The minimum atomic E-state index is 0.542. The largest absolute Gasteiger partial charge is 0.384 e. The summed E-state index contributed by atoms with van der Waals surface area (Å²) in [5.74, 6) is 0.545. The van der Waals surface area contributed by atoms with Gasteiger partial charge in [-0.15, -0.1) is 0 Å². The van der Waals surface area contributed by atoms with Crippen LogP contribution in [0.15, 0.2) is 24.4 Å². The number of anilines is 2. The van der Waals surface area contributed by atoms with Crippen molar-refractivity contribution in [2.75, 3.05) is 11.1 Å². The molecule has 0 spiro atoms. The highest BCUT2D eigenvalue weighted by Crippen LogP contribution is 2.18. The Morgan fingerprint density at radius 3 is 3.00 bits per heavy atom. The number of aromatic amines is 1. The monoisotopic (exact) mass is 227 g/mol. The number of hydrogen-bond donors (Lipinski definition) is 3. The van der Waals surface area contributed by atoms with E-state index in [4.69, 9.17) is 11.0 Å². The second-order valence-corrected chi connectivity index (χ2v) is 3.82. The van der Waals surface area contributed by atoms with E-state index in [2.05, 4.69) is 21.6 Å². The first-order valence-corrected chi connectivity index (χ1v) is 5.23. The molecule has 2 rings (SSSR count). The molecule has 0 saturated carbocycles. The van der Waals surface area contributed by atoms with Gasteiger partial charge in [-0.1, -0.05) is 6.07 Å². The van der Waals surface area contributed by atoms with Crippen molar-refractivity contribution in [3.63, 3.8) is 0 Å². The number of aromatic nitrogens is 2. The first kappa shape index (κ1) is 11.0. The lowest BCUT2D eigenvalue weighted by Gasteiger charge is -2.08. The molecule has 0 radical (unpaired) electrons.